The second-order valence-electron chi connectivity index (χ2n) is 21.2. The van der Waals surface area contributed by atoms with Gasteiger partial charge in [0.25, 0.3) is 11.8 Å². The van der Waals surface area contributed by atoms with Crippen LogP contribution in [0.3, 0.4) is 0 Å². The van der Waals surface area contributed by atoms with Crippen LogP contribution in [0, 0.1) is 0 Å². The first kappa shape index (κ1) is 68.2. The van der Waals surface area contributed by atoms with Crippen LogP contribution in [0.25, 0.3) is 20.7 Å². The van der Waals surface area contributed by atoms with Gasteiger partial charge in [-0.05, 0) is 123 Å². The van der Waals surface area contributed by atoms with E-state index in [4.69, 9.17) is 32.7 Å². The largest absolute Gasteiger partial charge is 0.573 e. The molecule has 472 valence electrons. The van der Waals surface area contributed by atoms with Crippen LogP contribution >= 0.6 is 45.9 Å². The number of carbonyl (C=O) groups excluding carboxylic acids is 2. The molecule has 0 unspecified atom stereocenters. The van der Waals surface area contributed by atoms with Crippen molar-refractivity contribution in [2.24, 2.45) is 0 Å². The summed E-state index contributed by atoms with van der Waals surface area (Å²) in [6, 6.07) is 20.6. The molecule has 0 spiro atoms. The number of carbonyl (C=O) groups is 2. The standard InChI is InChI=1S/C28H28ClF3N4O7S3.C27H26ClF3N4O5S2/c1-15(2)42-20-8-17(9-21(11-20)43-28(30,31)32)27(3,4)16-6-18(29)10-19(7-16)34-25(37)23-12-22-26(44-23)33-13-24(35-22)36-46(40,41)14-45(5,38)39;1-14(2)39-19-8-16(9-20(11-19)40-27(29,30)31)26(3,4)15-6-17(28)10-18(7-15)33-24(36)22-12-21-25(41-22)32-13-23(34-21)35-42(5,37)38/h6-13,15H,14H2,1-5H3,(H,34,37)(H,35,36);6-14H,1-5H3,(H,33,36)(H,34,35). The van der Waals surface area contributed by atoms with E-state index in [-0.39, 0.29) is 66.3 Å². The van der Waals surface area contributed by atoms with Crippen molar-refractivity contribution < 1.29 is 80.1 Å². The highest BCUT2D eigenvalue weighted by Crippen LogP contribution is 2.42. The summed E-state index contributed by atoms with van der Waals surface area (Å²) in [7, 11) is -11.7. The van der Waals surface area contributed by atoms with E-state index in [1.54, 1.807) is 91.8 Å². The van der Waals surface area contributed by atoms with Gasteiger partial charge in [-0.25, -0.2) is 45.2 Å². The zero-order valence-electron chi connectivity index (χ0n) is 47.9. The van der Waals surface area contributed by atoms with E-state index in [0.29, 0.717) is 43.1 Å². The number of aromatic nitrogens is 4. The number of nitrogens with one attached hydrogen (secondary N) is 4. The van der Waals surface area contributed by atoms with Crippen LogP contribution in [-0.4, -0.2) is 99.5 Å². The maximum Gasteiger partial charge on any atom is 0.573 e. The molecular weight excluding hydrogens is 1310 g/mol. The Morgan fingerprint density at radius 3 is 1.25 bits per heavy atom. The number of thiophene rings is 2. The highest BCUT2D eigenvalue weighted by atomic mass is 35.5. The van der Waals surface area contributed by atoms with Crippen molar-refractivity contribution in [3.8, 4) is 23.0 Å². The molecule has 0 fully saturated rings. The second-order valence-corrected chi connectivity index (χ2v) is 30.1. The summed E-state index contributed by atoms with van der Waals surface area (Å²) in [5, 5.41) is 4.90. The minimum atomic E-state index is -4.92. The smallest absolute Gasteiger partial charge is 0.491 e. The third-order valence-corrected chi connectivity index (χ3v) is 18.6. The Labute approximate surface area is 519 Å². The highest BCUT2D eigenvalue weighted by Gasteiger charge is 2.35. The predicted molar refractivity (Wildman–Crippen MR) is 326 cm³/mol. The van der Waals surface area contributed by atoms with Gasteiger partial charge in [0.05, 0.1) is 40.6 Å². The number of fused-ring (bicyclic) bond motifs is 2. The number of hydrogen-bond acceptors (Lipinski definition) is 18. The summed E-state index contributed by atoms with van der Waals surface area (Å²) in [6.07, 6.45) is -6.32. The van der Waals surface area contributed by atoms with Crippen LogP contribution in [0.1, 0.15) is 97.0 Å². The first-order chi connectivity index (χ1) is 40.5. The maximum absolute atomic E-state index is 13.2. The molecule has 0 aliphatic heterocycles. The van der Waals surface area contributed by atoms with E-state index in [1.807, 2.05) is 4.72 Å². The van der Waals surface area contributed by atoms with Crippen molar-refractivity contribution >= 4 is 131 Å². The molecule has 0 bridgehead atoms. The van der Waals surface area contributed by atoms with E-state index in [0.717, 1.165) is 47.4 Å². The Kier molecular flexibility index (Phi) is 20.2. The number of anilines is 4. The first-order valence-corrected chi connectivity index (χ1v) is 33.6. The zero-order chi connectivity index (χ0) is 65.3. The Hall–Kier alpha value is -7.29. The van der Waals surface area contributed by atoms with Gasteiger partial charge in [0.2, 0.25) is 20.0 Å². The molecule has 33 heteroatoms. The van der Waals surface area contributed by atoms with Gasteiger partial charge in [-0.2, -0.15) is 0 Å². The summed E-state index contributed by atoms with van der Waals surface area (Å²) in [5.41, 5.74) is 1.32. The molecule has 8 rings (SSSR count). The number of sulfone groups is 1. The molecular formula is C55H54Cl2F6N8O12S5. The lowest BCUT2D eigenvalue weighted by Gasteiger charge is -2.28. The fourth-order valence-electron chi connectivity index (χ4n) is 8.32. The summed E-state index contributed by atoms with van der Waals surface area (Å²) >= 11 is 14.8. The van der Waals surface area contributed by atoms with Crippen LogP contribution in [0.4, 0.5) is 49.4 Å². The number of benzene rings is 4. The molecule has 20 nitrogen and oxygen atoms in total. The molecule has 8 aromatic rings. The average molecular weight is 1360 g/mol. The van der Waals surface area contributed by atoms with Crippen molar-refractivity contribution in [1.82, 2.24) is 19.9 Å². The van der Waals surface area contributed by atoms with Crippen molar-refractivity contribution in [3.05, 3.63) is 139 Å². The van der Waals surface area contributed by atoms with Crippen LogP contribution in [0.5, 0.6) is 23.0 Å². The van der Waals surface area contributed by atoms with E-state index in [2.05, 4.69) is 44.8 Å². The molecule has 4 heterocycles. The quantitative estimate of drug-likeness (QED) is 0.0516. The Bertz CT molecular complexity index is 4320. The lowest BCUT2D eigenvalue weighted by atomic mass is 9.78. The third kappa shape index (κ3) is 19.4. The number of nitrogens with zero attached hydrogens (tertiary/aromatic N) is 4. The van der Waals surface area contributed by atoms with Crippen molar-refractivity contribution in [2.75, 3.05) is 37.7 Å². The molecule has 0 saturated heterocycles. The van der Waals surface area contributed by atoms with Gasteiger partial charge in [0.15, 0.2) is 26.6 Å². The van der Waals surface area contributed by atoms with E-state index in [9.17, 15) is 61.2 Å². The number of sulfonamides is 2. The minimum absolute atomic E-state index is 0.0168. The minimum Gasteiger partial charge on any atom is -0.491 e. The summed E-state index contributed by atoms with van der Waals surface area (Å²) < 4.78 is 172. The lowest BCUT2D eigenvalue weighted by Crippen LogP contribution is -2.22. The maximum atomic E-state index is 13.2. The van der Waals surface area contributed by atoms with Crippen LogP contribution in [-0.2, 0) is 40.7 Å². The van der Waals surface area contributed by atoms with E-state index >= 15 is 0 Å². The van der Waals surface area contributed by atoms with Gasteiger partial charge in [-0.3, -0.25) is 19.0 Å². The molecule has 4 N–H and O–H groups in total. The molecule has 88 heavy (non-hydrogen) atoms. The highest BCUT2D eigenvalue weighted by molar-refractivity contribution is 8.08. The van der Waals surface area contributed by atoms with E-state index in [1.165, 1.54) is 48.7 Å². The SMILES string of the molecule is CC(C)Oc1cc(OC(F)(F)F)cc(C(C)(C)c2cc(Cl)cc(NC(=O)c3cc4nc(NS(=O)(=O)CS(C)(=O)=O)cnc4s3)c2)c1.CC(C)Oc1cc(OC(F)(F)F)cc(C(C)(C)c2cc(Cl)cc(NC(=O)c3cc4nc(NS(C)(=O)=O)cnc4s3)c2)c1. The van der Waals surface area contributed by atoms with E-state index < -0.39 is 81.8 Å². The van der Waals surface area contributed by atoms with Gasteiger partial charge in [-0.15, -0.1) is 49.0 Å². The molecule has 0 atom stereocenters. The molecule has 4 aromatic carbocycles. The summed E-state index contributed by atoms with van der Waals surface area (Å²) in [4.78, 5) is 44.0. The predicted octanol–water partition coefficient (Wildman–Crippen LogP) is 13.3. The molecule has 0 saturated carbocycles. The lowest BCUT2D eigenvalue weighted by molar-refractivity contribution is -0.275. The van der Waals surface area contributed by atoms with Gasteiger partial charge >= 0.3 is 12.7 Å². The monoisotopic (exact) mass is 1360 g/mol. The fourth-order valence-corrected chi connectivity index (χ4v) is 13.9. The van der Waals surface area contributed by atoms with Gasteiger partial charge in [0, 0.05) is 50.6 Å². The van der Waals surface area contributed by atoms with Crippen molar-refractivity contribution in [1.29, 1.82) is 0 Å². The van der Waals surface area contributed by atoms with Gasteiger partial charge in [-0.1, -0.05) is 50.9 Å². The summed E-state index contributed by atoms with van der Waals surface area (Å²) in [6.45, 7) is 14.1. The normalized spacial score (nSPS) is 12.6. The number of amides is 2. The molecule has 0 radical (unpaired) electrons. The molecule has 4 aromatic heterocycles. The van der Waals surface area contributed by atoms with Gasteiger partial charge < -0.3 is 29.6 Å². The van der Waals surface area contributed by atoms with Crippen LogP contribution < -0.4 is 39.0 Å². The van der Waals surface area contributed by atoms with Crippen molar-refractivity contribution in [2.45, 2.75) is 91.2 Å². The number of ether oxygens (including phenoxy) is 4. The molecule has 2 amide bonds. The number of hydrogen-bond donors (Lipinski definition) is 4. The fraction of sp³-hybridized carbons (Fsp3) is 0.309. The van der Waals surface area contributed by atoms with Crippen molar-refractivity contribution in [3.63, 3.8) is 0 Å². The van der Waals surface area contributed by atoms with Crippen LogP contribution in [0.15, 0.2) is 97.3 Å². The number of rotatable bonds is 20. The second kappa shape index (κ2) is 26.0. The topological polar surface area (TPSA) is 273 Å². The molecule has 0 aliphatic carbocycles. The average Bonchev–Trinajstić information content (AvgIpc) is 2.28. The number of halogens is 8. The Morgan fingerprint density at radius 2 is 0.898 bits per heavy atom. The Balaban J connectivity index is 0.000000252. The zero-order valence-corrected chi connectivity index (χ0v) is 53.4. The number of alkyl halides is 6. The third-order valence-electron chi connectivity index (χ3n) is 12.0. The first-order valence-electron chi connectivity index (χ1n) is 25.6. The Morgan fingerprint density at radius 1 is 0.534 bits per heavy atom. The van der Waals surface area contributed by atoms with Gasteiger partial charge in [0.1, 0.15) is 43.7 Å². The summed E-state index contributed by atoms with van der Waals surface area (Å²) in [5.74, 6) is -1.78. The molecule has 0 aliphatic rings. The van der Waals surface area contributed by atoms with Crippen LogP contribution in [0.2, 0.25) is 10.0 Å².